The van der Waals surface area contributed by atoms with Crippen molar-refractivity contribution in [3.8, 4) is 0 Å². The van der Waals surface area contributed by atoms with Gasteiger partial charge in [0.05, 0.1) is 10.9 Å². The number of nitrogens with zero attached hydrogens (tertiary/aromatic N) is 2. The van der Waals surface area contributed by atoms with Gasteiger partial charge in [-0.1, -0.05) is 43.0 Å². The monoisotopic (exact) mass is 654 g/mol. The third-order valence-electron chi connectivity index (χ3n) is 9.23. The zero-order valence-corrected chi connectivity index (χ0v) is 24.7. The largest absolute Gasteiger partial charge is 0.435 e. The first kappa shape index (κ1) is 31.9. The predicted octanol–water partition coefficient (Wildman–Crippen LogP) is 7.32. The van der Waals surface area contributed by atoms with E-state index in [2.05, 4.69) is 0 Å². The van der Waals surface area contributed by atoms with Crippen molar-refractivity contribution in [3.05, 3.63) is 58.6 Å². The minimum atomic E-state index is -6.34. The Labute approximate surface area is 249 Å². The van der Waals surface area contributed by atoms with E-state index in [9.17, 15) is 39.6 Å². The van der Waals surface area contributed by atoms with E-state index in [1.165, 1.54) is 34.1 Å². The number of hydrogen-bond acceptors (Lipinski definition) is 4. The van der Waals surface area contributed by atoms with Gasteiger partial charge in [0.2, 0.25) is 5.91 Å². The maximum atomic E-state index is 15.2. The zero-order chi connectivity index (χ0) is 31.6. The molecular formula is C29H30ClF7N2O3S. The van der Waals surface area contributed by atoms with Gasteiger partial charge in [-0.05, 0) is 62.1 Å². The molecule has 2 heterocycles. The molecule has 1 aliphatic carbocycles. The molecule has 2 aromatic rings. The molecule has 2 fully saturated rings. The van der Waals surface area contributed by atoms with Gasteiger partial charge in [0.25, 0.3) is 0 Å². The number of amides is 1. The highest BCUT2D eigenvalue weighted by Gasteiger charge is 2.74. The number of anilines is 1. The molecule has 0 bridgehead atoms. The van der Waals surface area contributed by atoms with Gasteiger partial charge < -0.3 is 9.80 Å². The van der Waals surface area contributed by atoms with Gasteiger partial charge in [0, 0.05) is 41.8 Å². The number of fused-ring (bicyclic) bond motifs is 3. The molecule has 0 N–H and O–H groups in total. The predicted molar refractivity (Wildman–Crippen MR) is 146 cm³/mol. The number of rotatable bonds is 5. The lowest BCUT2D eigenvalue weighted by Crippen LogP contribution is -2.59. The number of alkyl halides is 7. The standard InChI is InChI=1S/C29H30ClF7N2O3S/c1-2-38-17-24-26(43(41,42)21-11-9-20(30)10-12-21,14-15-39(24)25(40)18-6-4-3-5-7-18)22-13-8-19(16-23(22)38)27(31,28(32,33)34)29(35,36)37/h8-13,16,18,24H,2-7,14-15,17H2,1H3. The smallest absolute Gasteiger partial charge is 0.369 e. The van der Waals surface area contributed by atoms with Gasteiger partial charge in [-0.25, -0.2) is 12.8 Å². The third kappa shape index (κ3) is 4.80. The van der Waals surface area contributed by atoms with E-state index in [0.29, 0.717) is 25.0 Å². The summed E-state index contributed by atoms with van der Waals surface area (Å²) in [4.78, 5) is 16.6. The first-order valence-electron chi connectivity index (χ1n) is 14.0. The van der Waals surface area contributed by atoms with Gasteiger partial charge in [-0.2, -0.15) is 26.3 Å². The maximum Gasteiger partial charge on any atom is 0.435 e. The van der Waals surface area contributed by atoms with Crippen molar-refractivity contribution >= 4 is 33.0 Å². The molecule has 5 nitrogen and oxygen atoms in total. The number of benzene rings is 2. The summed E-state index contributed by atoms with van der Waals surface area (Å²) in [6, 6.07) is 5.94. The molecule has 2 unspecified atom stereocenters. The molecule has 0 aromatic heterocycles. The Hall–Kier alpha value is -2.54. The van der Waals surface area contributed by atoms with Gasteiger partial charge in [-0.3, -0.25) is 4.79 Å². The molecule has 1 amide bonds. The minimum Gasteiger partial charge on any atom is -0.369 e. The molecule has 43 heavy (non-hydrogen) atoms. The van der Waals surface area contributed by atoms with E-state index in [-0.39, 0.29) is 59.0 Å². The zero-order valence-electron chi connectivity index (χ0n) is 23.1. The number of halogens is 8. The lowest BCUT2D eigenvalue weighted by Gasteiger charge is -2.48. The highest BCUT2D eigenvalue weighted by molar-refractivity contribution is 7.92. The highest BCUT2D eigenvalue weighted by Crippen LogP contribution is 2.57. The van der Waals surface area contributed by atoms with Crippen LogP contribution in [0.4, 0.5) is 36.4 Å². The summed E-state index contributed by atoms with van der Waals surface area (Å²) in [5, 5.41) is 0.248. The van der Waals surface area contributed by atoms with Crippen molar-refractivity contribution in [3.63, 3.8) is 0 Å². The summed E-state index contributed by atoms with van der Waals surface area (Å²) in [6.45, 7) is 1.47. The lowest BCUT2D eigenvalue weighted by atomic mass is 9.82. The second kappa shape index (κ2) is 10.8. The van der Waals surface area contributed by atoms with Gasteiger partial charge in [0.15, 0.2) is 9.84 Å². The van der Waals surface area contributed by atoms with Crippen LogP contribution in [-0.2, 0) is 25.0 Å². The van der Waals surface area contributed by atoms with Crippen molar-refractivity contribution in [1.82, 2.24) is 4.90 Å². The average Bonchev–Trinajstić information content (AvgIpc) is 3.36. The molecule has 2 aliphatic heterocycles. The fourth-order valence-electron chi connectivity index (χ4n) is 7.01. The lowest BCUT2D eigenvalue weighted by molar-refractivity contribution is -0.348. The van der Waals surface area contributed by atoms with Crippen LogP contribution in [0.5, 0.6) is 0 Å². The first-order valence-corrected chi connectivity index (χ1v) is 15.9. The summed E-state index contributed by atoms with van der Waals surface area (Å²) < 4.78 is 125. The van der Waals surface area contributed by atoms with E-state index < -0.39 is 44.2 Å². The highest BCUT2D eigenvalue weighted by atomic mass is 35.5. The normalized spacial score (nSPS) is 23.7. The van der Waals surface area contributed by atoms with Gasteiger partial charge in [-0.15, -0.1) is 0 Å². The molecule has 236 valence electrons. The van der Waals surface area contributed by atoms with Crippen LogP contribution in [0.2, 0.25) is 5.02 Å². The molecule has 2 aromatic carbocycles. The van der Waals surface area contributed by atoms with Crippen molar-refractivity contribution in [2.75, 3.05) is 24.5 Å². The number of sulfone groups is 1. The number of likely N-dealkylation sites (N-methyl/N-ethyl adjacent to an activating group) is 1. The number of hydrogen-bond donors (Lipinski definition) is 0. The van der Waals surface area contributed by atoms with Crippen LogP contribution < -0.4 is 4.90 Å². The molecule has 1 saturated heterocycles. The molecular weight excluding hydrogens is 625 g/mol. The van der Waals surface area contributed by atoms with E-state index in [0.717, 1.165) is 25.3 Å². The van der Waals surface area contributed by atoms with Crippen molar-refractivity contribution < 1.29 is 43.9 Å². The molecule has 0 radical (unpaired) electrons. The summed E-state index contributed by atoms with van der Waals surface area (Å²) in [7, 11) is -4.44. The Morgan fingerprint density at radius 2 is 1.56 bits per heavy atom. The maximum absolute atomic E-state index is 15.2. The van der Waals surface area contributed by atoms with Crippen LogP contribution >= 0.6 is 11.6 Å². The summed E-state index contributed by atoms with van der Waals surface area (Å²) in [6.07, 6.45) is -8.86. The minimum absolute atomic E-state index is 0.0176. The van der Waals surface area contributed by atoms with Crippen LogP contribution in [0.3, 0.4) is 0 Å². The van der Waals surface area contributed by atoms with Gasteiger partial charge in [0.1, 0.15) is 4.75 Å². The Morgan fingerprint density at radius 3 is 2.12 bits per heavy atom. The summed E-state index contributed by atoms with van der Waals surface area (Å²) >= 11 is 5.99. The molecule has 0 spiro atoms. The SMILES string of the molecule is CCN1CC2N(C(=O)C3CCCCC3)CCC2(S(=O)(=O)c2ccc(Cl)cc2)c2ccc(C(F)(C(F)(F)F)C(F)(F)F)cc21. The average molecular weight is 655 g/mol. The topological polar surface area (TPSA) is 57.7 Å². The van der Waals surface area contributed by atoms with Crippen LogP contribution in [0.1, 0.15) is 56.6 Å². The van der Waals surface area contributed by atoms with Crippen molar-refractivity contribution in [2.24, 2.45) is 5.92 Å². The van der Waals surface area contributed by atoms with E-state index in [1.54, 1.807) is 6.92 Å². The molecule has 5 rings (SSSR count). The van der Waals surface area contributed by atoms with Crippen LogP contribution in [-0.4, -0.2) is 57.3 Å². The second-order valence-electron chi connectivity index (χ2n) is 11.4. The Balaban J connectivity index is 1.74. The van der Waals surface area contributed by atoms with Crippen LogP contribution in [0.15, 0.2) is 47.4 Å². The fraction of sp³-hybridized carbons (Fsp3) is 0.552. The number of likely N-dealkylation sites (tertiary alicyclic amines) is 1. The van der Waals surface area contributed by atoms with E-state index >= 15 is 4.39 Å². The molecule has 3 aliphatic rings. The third-order valence-corrected chi connectivity index (χ3v) is 12.0. The molecule has 1 saturated carbocycles. The number of carbonyl (C=O) groups excluding carboxylic acids is 1. The Bertz CT molecular complexity index is 1480. The quantitative estimate of drug-likeness (QED) is 0.317. The second-order valence-corrected chi connectivity index (χ2v) is 14.0. The first-order chi connectivity index (χ1) is 20.0. The Kier molecular flexibility index (Phi) is 8.02. The summed E-state index contributed by atoms with van der Waals surface area (Å²) in [5.74, 6) is -0.529. The van der Waals surface area contributed by atoms with Crippen LogP contribution in [0.25, 0.3) is 0 Å². The van der Waals surface area contributed by atoms with Crippen molar-refractivity contribution in [2.45, 2.75) is 79.2 Å². The molecule has 2 atom stereocenters. The van der Waals surface area contributed by atoms with E-state index in [1.807, 2.05) is 0 Å². The summed E-state index contributed by atoms with van der Waals surface area (Å²) in [5.41, 5.74) is -7.71. The Morgan fingerprint density at radius 1 is 0.953 bits per heavy atom. The van der Waals surface area contributed by atoms with Gasteiger partial charge >= 0.3 is 18.0 Å². The van der Waals surface area contributed by atoms with E-state index in [4.69, 9.17) is 11.6 Å². The number of carbonyl (C=O) groups is 1. The van der Waals surface area contributed by atoms with Crippen molar-refractivity contribution in [1.29, 1.82) is 0 Å². The molecule has 14 heteroatoms. The fourth-order valence-corrected chi connectivity index (χ4v) is 9.43. The van der Waals surface area contributed by atoms with Crippen LogP contribution in [0, 0.1) is 5.92 Å².